The molecule has 2 aromatic carbocycles. The second-order valence-corrected chi connectivity index (χ2v) is 8.83. The van der Waals surface area contributed by atoms with Gasteiger partial charge in [-0.25, -0.2) is 8.78 Å². The number of carbonyl (C=O) groups excluding carboxylic acids is 2. The lowest BCUT2D eigenvalue weighted by Crippen LogP contribution is -2.44. The Morgan fingerprint density at radius 3 is 2.47 bits per heavy atom. The van der Waals surface area contributed by atoms with Crippen molar-refractivity contribution in [1.82, 2.24) is 5.32 Å². The summed E-state index contributed by atoms with van der Waals surface area (Å²) in [5.41, 5.74) is 0.0676. The van der Waals surface area contributed by atoms with Gasteiger partial charge in [0.2, 0.25) is 0 Å². The minimum absolute atomic E-state index is 0.112. The van der Waals surface area contributed by atoms with E-state index in [4.69, 9.17) is 0 Å². The van der Waals surface area contributed by atoms with Gasteiger partial charge in [-0.1, -0.05) is 37.5 Å². The molecule has 0 saturated heterocycles. The lowest BCUT2D eigenvalue weighted by atomic mass is 9.84. The number of carbonyl (C=O) groups is 2. The third-order valence-electron chi connectivity index (χ3n) is 6.41. The first kappa shape index (κ1) is 22.0. The van der Waals surface area contributed by atoms with Crippen LogP contribution in [0.2, 0.25) is 0 Å². The van der Waals surface area contributed by atoms with Crippen molar-refractivity contribution < 1.29 is 23.5 Å². The first-order chi connectivity index (χ1) is 15.3. The highest BCUT2D eigenvalue weighted by Gasteiger charge is 2.45. The maximum absolute atomic E-state index is 14.1. The van der Waals surface area contributed by atoms with Gasteiger partial charge in [0, 0.05) is 18.2 Å². The molecule has 4 rings (SSSR count). The van der Waals surface area contributed by atoms with Crippen LogP contribution in [-0.2, 0) is 16.0 Å². The molecule has 7 heteroatoms. The number of nitrogens with one attached hydrogen (secondary N) is 2. The summed E-state index contributed by atoms with van der Waals surface area (Å²) in [7, 11) is 0. The predicted molar refractivity (Wildman–Crippen MR) is 117 cm³/mol. The molecule has 1 saturated carbocycles. The summed E-state index contributed by atoms with van der Waals surface area (Å²) < 4.78 is 27.3. The second-order valence-electron chi connectivity index (χ2n) is 8.83. The van der Waals surface area contributed by atoms with Crippen LogP contribution in [-0.4, -0.2) is 22.5 Å². The fourth-order valence-corrected chi connectivity index (χ4v) is 4.61. The second kappa shape index (κ2) is 8.73. The van der Waals surface area contributed by atoms with E-state index in [1.54, 1.807) is 12.1 Å². The maximum atomic E-state index is 14.1. The zero-order valence-electron chi connectivity index (χ0n) is 17.9. The molecule has 2 aliphatic rings. The van der Waals surface area contributed by atoms with Gasteiger partial charge in [0.1, 0.15) is 23.0 Å². The Morgan fingerprint density at radius 1 is 1.12 bits per heavy atom. The van der Waals surface area contributed by atoms with E-state index in [9.17, 15) is 23.5 Å². The molecule has 32 heavy (non-hydrogen) atoms. The molecule has 0 radical (unpaired) electrons. The molecule has 0 bridgehead atoms. The average molecular weight is 440 g/mol. The minimum atomic E-state index is -1.38. The van der Waals surface area contributed by atoms with Crippen LogP contribution in [0.4, 0.5) is 14.5 Å². The van der Waals surface area contributed by atoms with Crippen LogP contribution < -0.4 is 10.6 Å². The van der Waals surface area contributed by atoms with E-state index in [-0.39, 0.29) is 12.0 Å². The summed E-state index contributed by atoms with van der Waals surface area (Å²) in [5.74, 6) is -2.93. The van der Waals surface area contributed by atoms with Gasteiger partial charge in [0.05, 0.1) is 5.54 Å². The van der Waals surface area contributed by atoms with E-state index in [2.05, 4.69) is 10.6 Å². The monoisotopic (exact) mass is 440 g/mol. The molecule has 1 aliphatic carbocycles. The largest absolute Gasteiger partial charge is 0.509 e. The molecule has 1 unspecified atom stereocenters. The lowest BCUT2D eigenvalue weighted by Gasteiger charge is -2.25. The van der Waals surface area contributed by atoms with Gasteiger partial charge < -0.3 is 15.7 Å². The van der Waals surface area contributed by atoms with Crippen LogP contribution in [0.15, 0.2) is 53.8 Å². The SMILES string of the molecule is CC1(Cc2ccc(F)cc2F)NC(=O)C(C(=O)Nc2ccc(C3CCCCC3)cc2)=C1O. The molecule has 5 nitrogen and oxygen atoms in total. The number of aliphatic hydroxyl groups is 1. The van der Waals surface area contributed by atoms with E-state index in [1.165, 1.54) is 50.7 Å². The van der Waals surface area contributed by atoms with Crippen LogP contribution in [0, 0.1) is 11.6 Å². The summed E-state index contributed by atoms with van der Waals surface area (Å²) in [6.45, 7) is 1.49. The van der Waals surface area contributed by atoms with E-state index in [0.717, 1.165) is 12.1 Å². The molecule has 168 valence electrons. The minimum Gasteiger partial charge on any atom is -0.509 e. The number of rotatable bonds is 5. The molecule has 1 atom stereocenters. The van der Waals surface area contributed by atoms with Gasteiger partial charge in [-0.2, -0.15) is 0 Å². The number of hydrogen-bond acceptors (Lipinski definition) is 3. The van der Waals surface area contributed by atoms with Crippen LogP contribution in [0.3, 0.4) is 0 Å². The van der Waals surface area contributed by atoms with E-state index in [1.807, 2.05) is 12.1 Å². The Morgan fingerprint density at radius 2 is 1.81 bits per heavy atom. The van der Waals surface area contributed by atoms with Crippen molar-refractivity contribution in [1.29, 1.82) is 0 Å². The fraction of sp³-hybridized carbons (Fsp3) is 0.360. The number of benzene rings is 2. The summed E-state index contributed by atoms with van der Waals surface area (Å²) in [4.78, 5) is 25.2. The van der Waals surface area contributed by atoms with Crippen LogP contribution in [0.1, 0.15) is 56.1 Å². The molecular weight excluding hydrogens is 414 g/mol. The van der Waals surface area contributed by atoms with Crippen molar-refractivity contribution in [2.24, 2.45) is 0 Å². The summed E-state index contributed by atoms with van der Waals surface area (Å²) in [6, 6.07) is 10.6. The van der Waals surface area contributed by atoms with E-state index >= 15 is 0 Å². The number of anilines is 1. The lowest BCUT2D eigenvalue weighted by molar-refractivity contribution is -0.121. The fourth-order valence-electron chi connectivity index (χ4n) is 4.61. The Hall–Kier alpha value is -3.22. The smallest absolute Gasteiger partial charge is 0.264 e. The third-order valence-corrected chi connectivity index (χ3v) is 6.41. The number of hydrogen-bond donors (Lipinski definition) is 3. The van der Waals surface area contributed by atoms with Crippen LogP contribution in [0.25, 0.3) is 0 Å². The van der Waals surface area contributed by atoms with Gasteiger partial charge in [0.15, 0.2) is 0 Å². The average Bonchev–Trinajstić information content (AvgIpc) is 2.99. The number of aliphatic hydroxyl groups excluding tert-OH is 1. The zero-order valence-corrected chi connectivity index (χ0v) is 17.9. The van der Waals surface area contributed by atoms with Crippen molar-refractivity contribution >= 4 is 17.5 Å². The summed E-state index contributed by atoms with van der Waals surface area (Å²) in [6.07, 6.45) is 5.93. The summed E-state index contributed by atoms with van der Waals surface area (Å²) >= 11 is 0. The third kappa shape index (κ3) is 4.38. The molecular formula is C25H26F2N2O3. The molecule has 2 amide bonds. The predicted octanol–water partition coefficient (Wildman–Crippen LogP) is 4.89. The maximum Gasteiger partial charge on any atom is 0.264 e. The highest BCUT2D eigenvalue weighted by molar-refractivity contribution is 6.24. The van der Waals surface area contributed by atoms with Crippen molar-refractivity contribution in [2.75, 3.05) is 5.32 Å². The first-order valence-corrected chi connectivity index (χ1v) is 10.9. The Labute approximate surface area is 185 Å². The molecule has 2 aromatic rings. The highest BCUT2D eigenvalue weighted by Crippen LogP contribution is 2.33. The number of amides is 2. The molecule has 3 N–H and O–H groups in total. The topological polar surface area (TPSA) is 78.4 Å². The quantitative estimate of drug-likeness (QED) is 0.579. The molecule has 1 heterocycles. The van der Waals surface area contributed by atoms with E-state index < -0.39 is 40.3 Å². The van der Waals surface area contributed by atoms with Gasteiger partial charge in [-0.15, -0.1) is 0 Å². The molecule has 1 aliphatic heterocycles. The molecule has 0 spiro atoms. The number of halogens is 2. The molecule has 1 fully saturated rings. The van der Waals surface area contributed by atoms with Gasteiger partial charge in [0.25, 0.3) is 11.8 Å². The Balaban J connectivity index is 1.49. The van der Waals surface area contributed by atoms with Crippen molar-refractivity contribution in [3.05, 3.63) is 76.6 Å². The van der Waals surface area contributed by atoms with Crippen LogP contribution >= 0.6 is 0 Å². The van der Waals surface area contributed by atoms with Gasteiger partial charge in [-0.3, -0.25) is 9.59 Å². The molecule has 0 aromatic heterocycles. The van der Waals surface area contributed by atoms with Gasteiger partial charge in [-0.05, 0) is 55.0 Å². The normalized spacial score (nSPS) is 21.5. The van der Waals surface area contributed by atoms with Crippen molar-refractivity contribution in [2.45, 2.75) is 56.9 Å². The Kier molecular flexibility index (Phi) is 6.00. The Bertz CT molecular complexity index is 1080. The highest BCUT2D eigenvalue weighted by atomic mass is 19.1. The first-order valence-electron chi connectivity index (χ1n) is 10.9. The van der Waals surface area contributed by atoms with Gasteiger partial charge >= 0.3 is 0 Å². The van der Waals surface area contributed by atoms with Crippen molar-refractivity contribution in [3.63, 3.8) is 0 Å². The standard InChI is InChI=1S/C25H26F2N2O3/c1-25(14-17-7-10-18(26)13-20(17)27)22(30)21(24(32)29-25)23(31)28-19-11-8-16(9-12-19)15-5-3-2-4-6-15/h7-13,15,30H,2-6,14H2,1H3,(H,28,31)(H,29,32). The van der Waals surface area contributed by atoms with Crippen molar-refractivity contribution in [3.8, 4) is 0 Å². The van der Waals surface area contributed by atoms with Crippen LogP contribution in [0.5, 0.6) is 0 Å². The summed E-state index contributed by atoms with van der Waals surface area (Å²) in [5, 5.41) is 15.9. The zero-order chi connectivity index (χ0) is 22.9. The van der Waals surface area contributed by atoms with E-state index in [0.29, 0.717) is 11.6 Å².